The van der Waals surface area contributed by atoms with Crippen molar-refractivity contribution in [2.24, 2.45) is 0 Å². The topological polar surface area (TPSA) is 80.9 Å². The van der Waals surface area contributed by atoms with Crippen LogP contribution < -0.4 is 16.1 Å². The second kappa shape index (κ2) is 6.17. The minimum atomic E-state index is -0.487. The average Bonchev–Trinajstić information content (AvgIpc) is 2.84. The molecule has 1 heterocycles. The standard InChI is InChI=1S/C17H12ClN3O3/c1-11-15(10-12-4-2-3-5-16(12)21(23)24)17(22)20(19-11)14-8-6-13(18)7-9-14/h2-10,19H,1H2. The van der Waals surface area contributed by atoms with Gasteiger partial charge in [-0.1, -0.05) is 30.3 Å². The molecule has 0 radical (unpaired) electrons. The van der Waals surface area contributed by atoms with Gasteiger partial charge >= 0.3 is 0 Å². The Bertz CT molecular complexity index is 1080. The maximum absolute atomic E-state index is 12.6. The zero-order valence-electron chi connectivity index (χ0n) is 12.4. The van der Waals surface area contributed by atoms with E-state index in [1.165, 1.54) is 16.8 Å². The number of aromatic nitrogens is 2. The first-order valence-corrected chi connectivity index (χ1v) is 7.36. The minimum absolute atomic E-state index is 0.0736. The van der Waals surface area contributed by atoms with Gasteiger partial charge in [-0.25, -0.2) is 4.68 Å². The van der Waals surface area contributed by atoms with E-state index in [-0.39, 0.29) is 16.5 Å². The van der Waals surface area contributed by atoms with Gasteiger partial charge in [0, 0.05) is 11.1 Å². The highest BCUT2D eigenvalue weighted by Gasteiger charge is 2.11. The van der Waals surface area contributed by atoms with Gasteiger partial charge in [0.15, 0.2) is 0 Å². The van der Waals surface area contributed by atoms with E-state index < -0.39 is 4.92 Å². The van der Waals surface area contributed by atoms with Gasteiger partial charge in [0.1, 0.15) is 0 Å². The zero-order chi connectivity index (χ0) is 17.3. The summed E-state index contributed by atoms with van der Waals surface area (Å²) < 4.78 is 1.32. The van der Waals surface area contributed by atoms with E-state index in [2.05, 4.69) is 11.7 Å². The molecule has 7 heteroatoms. The van der Waals surface area contributed by atoms with Gasteiger partial charge in [-0.2, -0.15) is 0 Å². The molecule has 0 unspecified atom stereocenters. The monoisotopic (exact) mass is 341 g/mol. The number of aromatic amines is 1. The van der Waals surface area contributed by atoms with Gasteiger partial charge in [0.25, 0.3) is 11.2 Å². The molecule has 0 saturated heterocycles. The molecule has 3 rings (SSSR count). The van der Waals surface area contributed by atoms with Crippen molar-refractivity contribution in [2.75, 3.05) is 0 Å². The summed E-state index contributed by atoms with van der Waals surface area (Å²) in [5, 5.41) is 15.2. The molecule has 0 aliphatic carbocycles. The van der Waals surface area contributed by atoms with Crippen molar-refractivity contribution in [3.05, 3.63) is 90.2 Å². The molecule has 0 aliphatic heterocycles. The Hall–Kier alpha value is -3.12. The lowest BCUT2D eigenvalue weighted by atomic mass is 10.1. The van der Waals surface area contributed by atoms with E-state index in [9.17, 15) is 14.9 Å². The van der Waals surface area contributed by atoms with Gasteiger partial charge in [0.2, 0.25) is 0 Å². The lowest BCUT2D eigenvalue weighted by Crippen LogP contribution is -2.34. The molecule has 3 aromatic rings. The van der Waals surface area contributed by atoms with Gasteiger partial charge in [0.05, 0.1) is 26.7 Å². The van der Waals surface area contributed by atoms with Crippen molar-refractivity contribution in [3.63, 3.8) is 0 Å². The van der Waals surface area contributed by atoms with Crippen molar-refractivity contribution in [3.8, 4) is 5.69 Å². The van der Waals surface area contributed by atoms with Crippen molar-refractivity contribution in [1.29, 1.82) is 0 Å². The molecule has 24 heavy (non-hydrogen) atoms. The normalized spacial score (nSPS) is 11.6. The quantitative estimate of drug-likeness (QED) is 0.584. The molecule has 2 aromatic carbocycles. The smallest absolute Gasteiger partial charge is 0.279 e. The lowest BCUT2D eigenvalue weighted by molar-refractivity contribution is -0.385. The molecule has 6 nitrogen and oxygen atoms in total. The molecule has 0 amide bonds. The van der Waals surface area contributed by atoms with Crippen LogP contribution in [0.15, 0.2) is 53.3 Å². The third-order valence-corrected chi connectivity index (χ3v) is 3.78. The van der Waals surface area contributed by atoms with Crippen LogP contribution in [0.25, 0.3) is 18.3 Å². The minimum Gasteiger partial charge on any atom is -0.291 e. The number of H-pyrrole nitrogens is 1. The number of hydrogen-bond donors (Lipinski definition) is 1. The zero-order valence-corrected chi connectivity index (χ0v) is 13.2. The Balaban J connectivity index is 2.21. The van der Waals surface area contributed by atoms with Crippen LogP contribution in [0.3, 0.4) is 0 Å². The van der Waals surface area contributed by atoms with Crippen LogP contribution >= 0.6 is 11.6 Å². The Morgan fingerprint density at radius 3 is 2.50 bits per heavy atom. The second-order valence-corrected chi connectivity index (χ2v) is 5.52. The number of rotatable bonds is 3. The lowest BCUT2D eigenvalue weighted by Gasteiger charge is -2.00. The molecular weight excluding hydrogens is 330 g/mol. The van der Waals surface area contributed by atoms with Crippen molar-refractivity contribution >= 4 is 29.9 Å². The fourth-order valence-electron chi connectivity index (χ4n) is 2.35. The molecule has 1 N–H and O–H groups in total. The summed E-state index contributed by atoms with van der Waals surface area (Å²) >= 11 is 5.85. The fourth-order valence-corrected chi connectivity index (χ4v) is 2.47. The van der Waals surface area contributed by atoms with E-state index in [4.69, 9.17) is 11.6 Å². The summed E-state index contributed by atoms with van der Waals surface area (Å²) in [7, 11) is 0. The van der Waals surface area contributed by atoms with Gasteiger partial charge in [-0.3, -0.25) is 20.0 Å². The highest BCUT2D eigenvalue weighted by Crippen LogP contribution is 2.17. The molecule has 120 valence electrons. The maximum atomic E-state index is 12.6. The Kier molecular flexibility index (Phi) is 4.05. The van der Waals surface area contributed by atoms with Gasteiger partial charge < -0.3 is 0 Å². The number of nitrogens with one attached hydrogen (secondary N) is 1. The highest BCUT2D eigenvalue weighted by atomic mass is 35.5. The summed E-state index contributed by atoms with van der Waals surface area (Å²) in [5.74, 6) is 0. The Morgan fingerprint density at radius 2 is 1.83 bits per heavy atom. The van der Waals surface area contributed by atoms with Gasteiger partial charge in [-0.05, 0) is 36.4 Å². The van der Waals surface area contributed by atoms with Gasteiger partial charge in [-0.15, -0.1) is 0 Å². The fraction of sp³-hybridized carbons (Fsp3) is 0. The number of nitrogens with zero attached hydrogens (tertiary/aromatic N) is 2. The summed E-state index contributed by atoms with van der Waals surface area (Å²) in [5.41, 5.74) is 0.513. The molecule has 0 spiro atoms. The largest absolute Gasteiger partial charge is 0.291 e. The van der Waals surface area contributed by atoms with Crippen LogP contribution in [0.1, 0.15) is 5.56 Å². The first kappa shape index (κ1) is 15.8. The third-order valence-electron chi connectivity index (χ3n) is 3.52. The summed E-state index contributed by atoms with van der Waals surface area (Å²) in [6.07, 6.45) is 1.46. The summed E-state index contributed by atoms with van der Waals surface area (Å²) in [4.78, 5) is 23.2. The van der Waals surface area contributed by atoms with Crippen LogP contribution in [-0.4, -0.2) is 14.7 Å². The number of nitro benzene ring substituents is 1. The highest BCUT2D eigenvalue weighted by molar-refractivity contribution is 6.30. The Morgan fingerprint density at radius 1 is 1.17 bits per heavy atom. The maximum Gasteiger partial charge on any atom is 0.279 e. The number of para-hydroxylation sites is 1. The molecule has 0 aliphatic rings. The molecule has 0 bridgehead atoms. The Labute approximate surface area is 141 Å². The summed E-state index contributed by atoms with van der Waals surface area (Å²) in [6.45, 7) is 3.81. The average molecular weight is 342 g/mol. The predicted octanol–water partition coefficient (Wildman–Crippen LogP) is 1.97. The molecule has 0 fully saturated rings. The third kappa shape index (κ3) is 2.87. The first-order chi connectivity index (χ1) is 11.5. The van der Waals surface area contributed by atoms with Crippen LogP contribution in [0, 0.1) is 10.1 Å². The van der Waals surface area contributed by atoms with E-state index in [0.29, 0.717) is 21.6 Å². The summed E-state index contributed by atoms with van der Waals surface area (Å²) in [6, 6.07) is 12.9. The number of nitro groups is 1. The molecule has 1 aromatic heterocycles. The van der Waals surface area contributed by atoms with Crippen molar-refractivity contribution in [1.82, 2.24) is 9.78 Å². The molecule has 0 saturated carbocycles. The second-order valence-electron chi connectivity index (χ2n) is 5.08. The number of halogens is 1. The van der Waals surface area contributed by atoms with Crippen LogP contribution in [0.5, 0.6) is 0 Å². The molecule has 0 atom stereocenters. The SMILES string of the molecule is C=c1[nH]n(-c2ccc(Cl)cc2)c(=O)c1=Cc1ccccc1[N+](=O)[O-]. The first-order valence-electron chi connectivity index (χ1n) is 6.98. The number of hydrogen-bond acceptors (Lipinski definition) is 3. The van der Waals surface area contributed by atoms with E-state index >= 15 is 0 Å². The van der Waals surface area contributed by atoms with E-state index in [1.807, 2.05) is 0 Å². The predicted molar refractivity (Wildman–Crippen MR) is 92.8 cm³/mol. The van der Waals surface area contributed by atoms with Crippen LogP contribution in [-0.2, 0) is 0 Å². The van der Waals surface area contributed by atoms with Crippen molar-refractivity contribution < 1.29 is 4.92 Å². The number of benzene rings is 2. The molecular formula is C17H12ClN3O3. The van der Waals surface area contributed by atoms with E-state index in [1.54, 1.807) is 42.5 Å². The van der Waals surface area contributed by atoms with Crippen molar-refractivity contribution in [2.45, 2.75) is 0 Å². The van der Waals surface area contributed by atoms with Crippen LogP contribution in [0.2, 0.25) is 5.02 Å². The van der Waals surface area contributed by atoms with Crippen LogP contribution in [0.4, 0.5) is 5.69 Å². The van der Waals surface area contributed by atoms with E-state index in [0.717, 1.165) is 0 Å².